The molecule has 2 aromatic rings. The van der Waals surface area contributed by atoms with Crippen LogP contribution in [0.1, 0.15) is 33.8 Å². The number of carbonyl (C=O) groups is 2. The highest BCUT2D eigenvalue weighted by molar-refractivity contribution is 7.99. The molecule has 1 aliphatic heterocycles. The fourth-order valence-electron chi connectivity index (χ4n) is 2.98. The zero-order chi connectivity index (χ0) is 17.1. The van der Waals surface area contributed by atoms with Gasteiger partial charge >= 0.3 is 5.97 Å². The highest BCUT2D eigenvalue weighted by atomic mass is 32.2. The first kappa shape index (κ1) is 17.0. The fourth-order valence-corrected chi connectivity index (χ4v) is 4.68. The molecule has 1 atom stereocenters. The molecule has 1 unspecified atom stereocenters. The first-order chi connectivity index (χ1) is 11.7. The molecule has 0 bridgehead atoms. The topological polar surface area (TPSA) is 46.6 Å². The third-order valence-electron chi connectivity index (χ3n) is 4.07. The number of hydrogen-bond acceptors (Lipinski definition) is 5. The van der Waals surface area contributed by atoms with Gasteiger partial charge in [0.2, 0.25) is 0 Å². The fraction of sp³-hybridized carbons (Fsp3) is 0.333. The molecule has 1 aliphatic rings. The van der Waals surface area contributed by atoms with Crippen molar-refractivity contribution in [1.29, 1.82) is 0 Å². The molecule has 2 heterocycles. The molecule has 1 amide bonds. The number of fused-ring (bicyclic) bond motifs is 1. The zero-order valence-electron chi connectivity index (χ0n) is 13.7. The van der Waals surface area contributed by atoms with E-state index in [4.69, 9.17) is 4.74 Å². The Balaban J connectivity index is 1.99. The van der Waals surface area contributed by atoms with E-state index in [0.717, 1.165) is 27.5 Å². The lowest BCUT2D eigenvalue weighted by atomic mass is 9.99. The smallest absolute Gasteiger partial charge is 0.333 e. The molecule has 3 rings (SSSR count). The quantitative estimate of drug-likeness (QED) is 0.614. The van der Waals surface area contributed by atoms with E-state index in [9.17, 15) is 9.59 Å². The van der Waals surface area contributed by atoms with E-state index in [1.54, 1.807) is 28.0 Å². The molecular formula is C18H19NO3S2. The van der Waals surface area contributed by atoms with Crippen LogP contribution < -0.4 is 0 Å². The van der Waals surface area contributed by atoms with Crippen molar-refractivity contribution in [3.8, 4) is 0 Å². The van der Waals surface area contributed by atoms with Gasteiger partial charge in [0.25, 0.3) is 5.91 Å². The van der Waals surface area contributed by atoms with E-state index < -0.39 is 6.04 Å². The number of hydrogen-bond donors (Lipinski definition) is 0. The van der Waals surface area contributed by atoms with Crippen LogP contribution in [-0.2, 0) is 16.0 Å². The molecule has 0 aliphatic carbocycles. The summed E-state index contributed by atoms with van der Waals surface area (Å²) in [5, 5.41) is 1.97. The number of methoxy groups -OCH3 is 1. The van der Waals surface area contributed by atoms with Gasteiger partial charge in [-0.1, -0.05) is 19.1 Å². The normalized spacial score (nSPS) is 16.6. The standard InChI is InChI=1S/C18H19NO3S2/c1-3-23-14-7-5-4-6-13(14)17(20)19-10-8-15-12(9-11-24-15)16(19)18(21)22-2/h4-7,9,11,16H,3,8,10H2,1-2H3. The van der Waals surface area contributed by atoms with Crippen molar-refractivity contribution in [3.63, 3.8) is 0 Å². The molecule has 0 N–H and O–H groups in total. The molecule has 4 nitrogen and oxygen atoms in total. The molecule has 126 valence electrons. The van der Waals surface area contributed by atoms with Gasteiger partial charge in [-0.15, -0.1) is 23.1 Å². The molecule has 0 saturated carbocycles. The van der Waals surface area contributed by atoms with Gasteiger partial charge in [0.05, 0.1) is 12.7 Å². The minimum Gasteiger partial charge on any atom is -0.467 e. The molecule has 24 heavy (non-hydrogen) atoms. The molecule has 1 aromatic heterocycles. The number of esters is 1. The second kappa shape index (κ2) is 7.40. The molecule has 0 radical (unpaired) electrons. The van der Waals surface area contributed by atoms with Crippen molar-refractivity contribution in [2.75, 3.05) is 19.4 Å². The number of ether oxygens (including phenoxy) is 1. The van der Waals surface area contributed by atoms with Crippen LogP contribution in [0.15, 0.2) is 40.6 Å². The maximum Gasteiger partial charge on any atom is 0.333 e. The minimum atomic E-state index is -0.655. The minimum absolute atomic E-state index is 0.112. The maximum absolute atomic E-state index is 13.2. The van der Waals surface area contributed by atoms with Crippen molar-refractivity contribution in [1.82, 2.24) is 4.90 Å². The second-order valence-corrected chi connectivity index (χ2v) is 7.71. The summed E-state index contributed by atoms with van der Waals surface area (Å²) in [6, 6.07) is 8.84. The summed E-state index contributed by atoms with van der Waals surface area (Å²) in [5.41, 5.74) is 1.55. The van der Waals surface area contributed by atoms with Gasteiger partial charge in [0.1, 0.15) is 0 Å². The zero-order valence-corrected chi connectivity index (χ0v) is 15.3. The molecule has 0 spiro atoms. The van der Waals surface area contributed by atoms with E-state index in [2.05, 4.69) is 6.92 Å². The van der Waals surface area contributed by atoms with E-state index in [-0.39, 0.29) is 11.9 Å². The van der Waals surface area contributed by atoms with E-state index in [0.29, 0.717) is 12.1 Å². The third-order valence-corrected chi connectivity index (χ3v) is 6.02. The molecule has 0 saturated heterocycles. The van der Waals surface area contributed by atoms with E-state index >= 15 is 0 Å². The summed E-state index contributed by atoms with van der Waals surface area (Å²) in [6.07, 6.45) is 0.773. The van der Waals surface area contributed by atoms with Crippen LogP contribution in [0, 0.1) is 0 Å². The summed E-state index contributed by atoms with van der Waals surface area (Å²) in [7, 11) is 1.37. The molecule has 0 fully saturated rings. The van der Waals surface area contributed by atoms with Crippen molar-refractivity contribution < 1.29 is 14.3 Å². The van der Waals surface area contributed by atoms with Gasteiger partial charge in [-0.3, -0.25) is 4.79 Å². The number of thioether (sulfide) groups is 1. The Morgan fingerprint density at radius 2 is 2.12 bits per heavy atom. The van der Waals surface area contributed by atoms with Gasteiger partial charge in [0.15, 0.2) is 6.04 Å². The Hall–Kier alpha value is -1.79. The Morgan fingerprint density at radius 1 is 1.33 bits per heavy atom. The highest BCUT2D eigenvalue weighted by Gasteiger charge is 2.38. The SMILES string of the molecule is CCSc1ccccc1C(=O)N1CCc2sccc2C1C(=O)OC. The number of amides is 1. The third kappa shape index (κ3) is 3.08. The lowest BCUT2D eigenvalue weighted by Crippen LogP contribution is -2.43. The van der Waals surface area contributed by atoms with Crippen LogP contribution in [0.5, 0.6) is 0 Å². The van der Waals surface area contributed by atoms with Gasteiger partial charge in [-0.2, -0.15) is 0 Å². The first-order valence-corrected chi connectivity index (χ1v) is 9.70. The van der Waals surface area contributed by atoms with Crippen molar-refractivity contribution in [2.45, 2.75) is 24.3 Å². The van der Waals surface area contributed by atoms with Gasteiger partial charge in [0, 0.05) is 16.3 Å². The lowest BCUT2D eigenvalue weighted by molar-refractivity contribution is -0.146. The predicted molar refractivity (Wildman–Crippen MR) is 96.7 cm³/mol. The van der Waals surface area contributed by atoms with Crippen molar-refractivity contribution in [2.24, 2.45) is 0 Å². The van der Waals surface area contributed by atoms with E-state index in [1.165, 1.54) is 7.11 Å². The Morgan fingerprint density at radius 3 is 2.88 bits per heavy atom. The van der Waals surface area contributed by atoms with Crippen LogP contribution in [0.2, 0.25) is 0 Å². The summed E-state index contributed by atoms with van der Waals surface area (Å²) < 4.78 is 4.98. The summed E-state index contributed by atoms with van der Waals surface area (Å²) >= 11 is 3.26. The van der Waals surface area contributed by atoms with Crippen LogP contribution in [0.25, 0.3) is 0 Å². The largest absolute Gasteiger partial charge is 0.467 e. The first-order valence-electron chi connectivity index (χ1n) is 7.84. The monoisotopic (exact) mass is 361 g/mol. The van der Waals surface area contributed by atoms with Crippen molar-refractivity contribution >= 4 is 35.0 Å². The Kier molecular flexibility index (Phi) is 5.26. The lowest BCUT2D eigenvalue weighted by Gasteiger charge is -2.34. The summed E-state index contributed by atoms with van der Waals surface area (Å²) in [6.45, 7) is 2.58. The number of rotatable bonds is 4. The van der Waals surface area contributed by atoms with Gasteiger partial charge in [-0.25, -0.2) is 4.79 Å². The molecule has 1 aromatic carbocycles. The van der Waals surface area contributed by atoms with Crippen LogP contribution >= 0.6 is 23.1 Å². The van der Waals surface area contributed by atoms with Gasteiger partial charge < -0.3 is 9.64 Å². The van der Waals surface area contributed by atoms with E-state index in [1.807, 2.05) is 35.7 Å². The molecular weight excluding hydrogens is 342 g/mol. The second-order valence-electron chi connectivity index (χ2n) is 5.40. The number of nitrogens with zero attached hydrogens (tertiary/aromatic N) is 1. The van der Waals surface area contributed by atoms with Gasteiger partial charge in [-0.05, 0) is 41.3 Å². The molecule has 6 heteroatoms. The average molecular weight is 361 g/mol. The van der Waals surface area contributed by atoms with Crippen molar-refractivity contribution in [3.05, 3.63) is 51.7 Å². The van der Waals surface area contributed by atoms with Crippen LogP contribution in [0.3, 0.4) is 0 Å². The Bertz CT molecular complexity index is 756. The predicted octanol–water partition coefficient (Wildman–Crippen LogP) is 3.77. The Labute approximate surface area is 149 Å². The number of benzene rings is 1. The highest BCUT2D eigenvalue weighted by Crippen LogP contribution is 2.36. The average Bonchev–Trinajstić information content (AvgIpc) is 3.09. The maximum atomic E-state index is 13.2. The summed E-state index contributed by atoms with van der Waals surface area (Å²) in [4.78, 5) is 29.3. The van der Waals surface area contributed by atoms with Crippen LogP contribution in [-0.4, -0.2) is 36.2 Å². The van der Waals surface area contributed by atoms with Crippen LogP contribution in [0.4, 0.5) is 0 Å². The number of carbonyl (C=O) groups excluding carboxylic acids is 2. The number of thiophene rings is 1. The summed E-state index contributed by atoms with van der Waals surface area (Å²) in [5.74, 6) is 0.390.